The molecule has 1 aliphatic rings. The lowest BCUT2D eigenvalue weighted by atomic mass is 10.1. The van der Waals surface area contributed by atoms with Crippen molar-refractivity contribution in [3.05, 3.63) is 58.4 Å². The Bertz CT molecular complexity index is 640. The minimum atomic E-state index is -0.149. The third kappa shape index (κ3) is 2.47. The van der Waals surface area contributed by atoms with E-state index in [0.29, 0.717) is 16.3 Å². The molecule has 1 heterocycles. The first kappa shape index (κ1) is 12.2. The van der Waals surface area contributed by atoms with Crippen LogP contribution in [-0.4, -0.2) is 10.9 Å². The predicted molar refractivity (Wildman–Crippen MR) is 75.7 cm³/mol. The minimum Gasteiger partial charge on any atom is -0.319 e. The van der Waals surface area contributed by atoms with Crippen LogP contribution in [0.4, 0.5) is 5.69 Å². The highest BCUT2D eigenvalue weighted by molar-refractivity contribution is 6.33. The number of halogens is 1. The lowest BCUT2D eigenvalue weighted by Gasteiger charge is -2.08. The Kier molecular flexibility index (Phi) is 3.22. The van der Waals surface area contributed by atoms with Gasteiger partial charge in [0.15, 0.2) is 0 Å². The molecule has 0 fully saturated rings. The van der Waals surface area contributed by atoms with Crippen molar-refractivity contribution in [2.75, 3.05) is 5.32 Å². The molecule has 0 spiro atoms. The summed E-state index contributed by atoms with van der Waals surface area (Å²) in [5.41, 5.74) is 3.84. The highest BCUT2D eigenvalue weighted by atomic mass is 35.5. The van der Waals surface area contributed by atoms with Crippen LogP contribution in [-0.2, 0) is 12.8 Å². The number of anilines is 1. The molecule has 19 heavy (non-hydrogen) atoms. The Morgan fingerprint density at radius 1 is 1.21 bits per heavy atom. The molecule has 1 amide bonds. The van der Waals surface area contributed by atoms with Gasteiger partial charge in [-0.05, 0) is 48.6 Å². The van der Waals surface area contributed by atoms with Crippen molar-refractivity contribution in [3.8, 4) is 0 Å². The molecule has 0 saturated heterocycles. The number of pyridine rings is 1. The Morgan fingerprint density at radius 3 is 2.89 bits per heavy atom. The molecule has 3 rings (SSSR count). The summed E-state index contributed by atoms with van der Waals surface area (Å²) in [6, 6.07) is 7.54. The summed E-state index contributed by atoms with van der Waals surface area (Å²) in [6.07, 6.45) is 6.49. The van der Waals surface area contributed by atoms with Gasteiger partial charge in [0.25, 0.3) is 5.91 Å². The zero-order valence-electron chi connectivity index (χ0n) is 10.3. The van der Waals surface area contributed by atoms with Crippen LogP contribution in [0.3, 0.4) is 0 Å². The molecule has 0 atom stereocenters. The van der Waals surface area contributed by atoms with Crippen LogP contribution in [0.2, 0.25) is 5.02 Å². The lowest BCUT2D eigenvalue weighted by molar-refractivity contribution is 0.102. The van der Waals surface area contributed by atoms with E-state index in [0.717, 1.165) is 12.8 Å². The van der Waals surface area contributed by atoms with E-state index in [1.807, 2.05) is 18.2 Å². The van der Waals surface area contributed by atoms with Crippen molar-refractivity contribution in [3.63, 3.8) is 0 Å². The third-order valence-electron chi connectivity index (χ3n) is 3.38. The van der Waals surface area contributed by atoms with Gasteiger partial charge in [0, 0.05) is 11.8 Å². The Labute approximate surface area is 116 Å². The minimum absolute atomic E-state index is 0.149. The second-order valence-corrected chi connectivity index (χ2v) is 5.05. The average Bonchev–Trinajstić information content (AvgIpc) is 2.88. The molecular weight excluding hydrogens is 260 g/mol. The molecule has 0 radical (unpaired) electrons. The smallest absolute Gasteiger partial charge is 0.255 e. The van der Waals surface area contributed by atoms with Crippen LogP contribution in [0.25, 0.3) is 0 Å². The number of aromatic nitrogens is 1. The van der Waals surface area contributed by atoms with Gasteiger partial charge in [-0.15, -0.1) is 0 Å². The average molecular weight is 273 g/mol. The van der Waals surface area contributed by atoms with Crippen LogP contribution < -0.4 is 5.32 Å². The van der Waals surface area contributed by atoms with Gasteiger partial charge >= 0.3 is 0 Å². The maximum absolute atomic E-state index is 12.2. The van der Waals surface area contributed by atoms with Gasteiger partial charge in [0.2, 0.25) is 0 Å². The largest absolute Gasteiger partial charge is 0.319 e. The summed E-state index contributed by atoms with van der Waals surface area (Å²) in [5, 5.41) is 3.27. The van der Waals surface area contributed by atoms with Crippen molar-refractivity contribution >= 4 is 23.2 Å². The standard InChI is InChI=1S/C15H13ClN2O/c16-13-6-7-17-9-14(13)18-15(19)12-5-4-10-2-1-3-11(10)8-12/h4-9H,1-3H2,(H,18,19). The van der Waals surface area contributed by atoms with E-state index in [9.17, 15) is 4.79 Å². The van der Waals surface area contributed by atoms with Gasteiger partial charge in [-0.25, -0.2) is 0 Å². The van der Waals surface area contributed by atoms with Crippen molar-refractivity contribution in [2.45, 2.75) is 19.3 Å². The van der Waals surface area contributed by atoms with E-state index >= 15 is 0 Å². The number of carbonyl (C=O) groups is 1. The highest BCUT2D eigenvalue weighted by Gasteiger charge is 2.14. The number of nitrogens with zero attached hydrogens (tertiary/aromatic N) is 1. The number of hydrogen-bond acceptors (Lipinski definition) is 2. The molecule has 3 nitrogen and oxygen atoms in total. The molecule has 1 aliphatic carbocycles. The summed E-state index contributed by atoms with van der Waals surface area (Å²) < 4.78 is 0. The van der Waals surface area contributed by atoms with Crippen molar-refractivity contribution in [2.24, 2.45) is 0 Å². The van der Waals surface area contributed by atoms with E-state index < -0.39 is 0 Å². The topological polar surface area (TPSA) is 42.0 Å². The third-order valence-corrected chi connectivity index (χ3v) is 3.71. The molecule has 0 aliphatic heterocycles. The number of nitrogens with one attached hydrogen (secondary N) is 1. The first-order chi connectivity index (χ1) is 9.24. The number of carbonyl (C=O) groups excluding carboxylic acids is 1. The second-order valence-electron chi connectivity index (χ2n) is 4.65. The first-order valence-corrected chi connectivity index (χ1v) is 6.64. The Balaban J connectivity index is 1.83. The van der Waals surface area contributed by atoms with Gasteiger partial charge in [-0.2, -0.15) is 0 Å². The summed E-state index contributed by atoms with van der Waals surface area (Å²) in [6.45, 7) is 0. The van der Waals surface area contributed by atoms with E-state index in [1.54, 1.807) is 18.5 Å². The number of rotatable bonds is 2. The van der Waals surface area contributed by atoms with Gasteiger partial charge in [0.05, 0.1) is 16.9 Å². The monoisotopic (exact) mass is 272 g/mol. The zero-order chi connectivity index (χ0) is 13.2. The summed E-state index contributed by atoms with van der Waals surface area (Å²) >= 11 is 5.99. The molecule has 1 aromatic heterocycles. The molecule has 96 valence electrons. The molecule has 1 N–H and O–H groups in total. The molecule has 4 heteroatoms. The molecule has 0 bridgehead atoms. The number of benzene rings is 1. The lowest BCUT2D eigenvalue weighted by Crippen LogP contribution is -2.12. The van der Waals surface area contributed by atoms with Crippen molar-refractivity contribution < 1.29 is 4.79 Å². The summed E-state index contributed by atoms with van der Waals surface area (Å²) in [5.74, 6) is -0.149. The fourth-order valence-electron chi connectivity index (χ4n) is 2.38. The SMILES string of the molecule is O=C(Nc1cnccc1Cl)c1ccc2c(c1)CCC2. The summed E-state index contributed by atoms with van der Waals surface area (Å²) in [7, 11) is 0. The number of amides is 1. The van der Waals surface area contributed by atoms with Gasteiger partial charge < -0.3 is 5.32 Å². The van der Waals surface area contributed by atoms with Crippen LogP contribution in [0, 0.1) is 0 Å². The van der Waals surface area contributed by atoms with Crippen molar-refractivity contribution in [1.29, 1.82) is 0 Å². The predicted octanol–water partition coefficient (Wildman–Crippen LogP) is 3.48. The first-order valence-electron chi connectivity index (χ1n) is 6.27. The van der Waals surface area contributed by atoms with Crippen LogP contribution >= 0.6 is 11.6 Å². The maximum Gasteiger partial charge on any atom is 0.255 e. The summed E-state index contributed by atoms with van der Waals surface area (Å²) in [4.78, 5) is 16.1. The van der Waals surface area contributed by atoms with Crippen molar-refractivity contribution in [1.82, 2.24) is 4.98 Å². The van der Waals surface area contributed by atoms with Gasteiger partial charge in [0.1, 0.15) is 0 Å². The van der Waals surface area contributed by atoms with E-state index in [4.69, 9.17) is 11.6 Å². The maximum atomic E-state index is 12.2. The number of hydrogen-bond donors (Lipinski definition) is 1. The van der Waals surface area contributed by atoms with E-state index in [-0.39, 0.29) is 5.91 Å². The normalized spacial score (nSPS) is 13.1. The molecule has 0 saturated carbocycles. The number of aryl methyl sites for hydroxylation is 2. The Morgan fingerprint density at radius 2 is 2.05 bits per heavy atom. The Hall–Kier alpha value is -1.87. The van der Waals surface area contributed by atoms with Crippen LogP contribution in [0.1, 0.15) is 27.9 Å². The highest BCUT2D eigenvalue weighted by Crippen LogP contribution is 2.24. The van der Waals surface area contributed by atoms with Crippen LogP contribution in [0.15, 0.2) is 36.7 Å². The van der Waals surface area contributed by atoms with E-state index in [2.05, 4.69) is 10.3 Å². The van der Waals surface area contributed by atoms with Gasteiger partial charge in [-0.1, -0.05) is 17.7 Å². The fourth-order valence-corrected chi connectivity index (χ4v) is 2.53. The van der Waals surface area contributed by atoms with Crippen LogP contribution in [0.5, 0.6) is 0 Å². The molecule has 1 aromatic carbocycles. The number of fused-ring (bicyclic) bond motifs is 1. The van der Waals surface area contributed by atoms with E-state index in [1.165, 1.54) is 17.5 Å². The molecule has 0 unspecified atom stereocenters. The van der Waals surface area contributed by atoms with Gasteiger partial charge in [-0.3, -0.25) is 9.78 Å². The molecule has 2 aromatic rings. The zero-order valence-corrected chi connectivity index (χ0v) is 11.1. The molecular formula is C15H13ClN2O. The fraction of sp³-hybridized carbons (Fsp3) is 0.200. The quantitative estimate of drug-likeness (QED) is 0.909. The second kappa shape index (κ2) is 5.02.